The van der Waals surface area contributed by atoms with Gasteiger partial charge in [0.25, 0.3) is 0 Å². The van der Waals surface area contributed by atoms with Gasteiger partial charge in [0.2, 0.25) is 0 Å². The van der Waals surface area contributed by atoms with Crippen molar-refractivity contribution >= 4 is 16.9 Å². The summed E-state index contributed by atoms with van der Waals surface area (Å²) < 4.78 is 5.54. The van der Waals surface area contributed by atoms with Crippen molar-refractivity contribution in [1.29, 1.82) is 0 Å². The number of thioether (sulfide) groups is 1. The van der Waals surface area contributed by atoms with Crippen molar-refractivity contribution in [1.82, 2.24) is 4.90 Å². The molecule has 4 nitrogen and oxygen atoms in total. The van der Waals surface area contributed by atoms with Crippen LogP contribution in [-0.4, -0.2) is 59.3 Å². The molecular weight excluding hydrogens is 262 g/mol. The molecule has 0 atom stereocenters. The quantitative estimate of drug-likeness (QED) is 0.726. The van der Waals surface area contributed by atoms with E-state index in [0.717, 1.165) is 32.4 Å². The average molecular weight is 289 g/mol. The number of carbonyl (C=O) groups is 1. The number of hydrogen-bond acceptors (Lipinski definition) is 5. The fraction of sp³-hybridized carbons (Fsp3) is 0.929. The van der Waals surface area contributed by atoms with Crippen LogP contribution in [0.25, 0.3) is 0 Å². The van der Waals surface area contributed by atoms with E-state index in [1.54, 1.807) is 6.26 Å². The first kappa shape index (κ1) is 17.0. The highest BCUT2D eigenvalue weighted by Gasteiger charge is 2.33. The van der Waals surface area contributed by atoms with Gasteiger partial charge in [-0.2, -0.15) is 0 Å². The van der Waals surface area contributed by atoms with Gasteiger partial charge < -0.3 is 14.7 Å². The highest BCUT2D eigenvalue weighted by atomic mass is 32.2. The summed E-state index contributed by atoms with van der Waals surface area (Å²) in [6.07, 6.45) is 4.65. The van der Waals surface area contributed by atoms with Crippen LogP contribution in [0.4, 0.5) is 0 Å². The number of ether oxygens (including phenoxy) is 1. The van der Waals surface area contributed by atoms with E-state index >= 15 is 0 Å². The van der Waals surface area contributed by atoms with Crippen molar-refractivity contribution in [3.05, 3.63) is 0 Å². The second kappa shape index (κ2) is 8.25. The van der Waals surface area contributed by atoms with Crippen LogP contribution in [0.5, 0.6) is 0 Å². The molecule has 0 aromatic carbocycles. The zero-order chi connectivity index (χ0) is 14.3. The molecule has 0 aliphatic carbocycles. The Morgan fingerprint density at radius 3 is 2.58 bits per heavy atom. The lowest BCUT2D eigenvalue weighted by Gasteiger charge is -2.39. The largest absolute Gasteiger partial charge is 0.387 e. The van der Waals surface area contributed by atoms with E-state index < -0.39 is 5.60 Å². The minimum atomic E-state index is -0.672. The molecule has 0 aromatic rings. The van der Waals surface area contributed by atoms with Crippen molar-refractivity contribution in [3.63, 3.8) is 0 Å². The second-order valence-corrected chi connectivity index (χ2v) is 6.45. The van der Waals surface area contributed by atoms with Crippen molar-refractivity contribution in [2.24, 2.45) is 0 Å². The number of hydrogen-bond donors (Lipinski definition) is 1. The lowest BCUT2D eigenvalue weighted by molar-refractivity contribution is -0.111. The molecule has 0 saturated carbocycles. The number of carbonyl (C=O) groups excluding carboxylic acids is 1. The van der Waals surface area contributed by atoms with Gasteiger partial charge in [-0.25, -0.2) is 0 Å². The lowest BCUT2D eigenvalue weighted by Crippen LogP contribution is -2.49. The topological polar surface area (TPSA) is 49.8 Å². The molecule has 0 unspecified atom stereocenters. The van der Waals surface area contributed by atoms with Gasteiger partial charge >= 0.3 is 0 Å². The van der Waals surface area contributed by atoms with Crippen LogP contribution in [0, 0.1) is 0 Å². The Bertz CT molecular complexity index is 276. The van der Waals surface area contributed by atoms with Gasteiger partial charge in [-0.1, -0.05) is 11.8 Å². The summed E-state index contributed by atoms with van der Waals surface area (Å²) in [5, 5.41) is 10.6. The maximum atomic E-state index is 11.1. The smallest absolute Gasteiger partial charge is 0.188 e. The summed E-state index contributed by atoms with van der Waals surface area (Å²) in [4.78, 5) is 13.5. The van der Waals surface area contributed by atoms with E-state index in [1.807, 2.05) is 0 Å². The zero-order valence-corrected chi connectivity index (χ0v) is 13.2. The highest BCUT2D eigenvalue weighted by molar-refractivity contribution is 8.13. The van der Waals surface area contributed by atoms with Crippen LogP contribution in [0.3, 0.4) is 0 Å². The second-order valence-electron chi connectivity index (χ2n) is 5.59. The number of likely N-dealkylation sites (tertiary alicyclic amines) is 1. The molecule has 1 saturated heterocycles. The molecule has 0 spiro atoms. The zero-order valence-electron chi connectivity index (χ0n) is 12.4. The molecule has 1 N–H and O–H groups in total. The molecule has 1 fully saturated rings. The van der Waals surface area contributed by atoms with Crippen LogP contribution in [0.2, 0.25) is 0 Å². The van der Waals surface area contributed by atoms with Gasteiger partial charge in [-0.05, 0) is 39.4 Å². The fourth-order valence-corrected chi connectivity index (χ4v) is 2.63. The summed E-state index contributed by atoms with van der Waals surface area (Å²) >= 11 is 1.26. The molecule has 0 radical (unpaired) electrons. The van der Waals surface area contributed by atoms with E-state index in [-0.39, 0.29) is 5.12 Å². The predicted molar refractivity (Wildman–Crippen MR) is 79.5 cm³/mol. The van der Waals surface area contributed by atoms with Crippen LogP contribution in [-0.2, 0) is 9.53 Å². The molecule has 0 amide bonds. The SMILES string of the molecule is CSC(=O)CCCOCC1(O)CCN(C(C)C)CC1. The van der Waals surface area contributed by atoms with E-state index in [9.17, 15) is 9.90 Å². The molecule has 112 valence electrons. The summed E-state index contributed by atoms with van der Waals surface area (Å²) in [5.41, 5.74) is -0.672. The summed E-state index contributed by atoms with van der Waals surface area (Å²) in [6.45, 7) is 7.19. The van der Waals surface area contributed by atoms with Crippen molar-refractivity contribution in [2.75, 3.05) is 32.6 Å². The first-order chi connectivity index (χ1) is 8.97. The number of nitrogens with zero attached hydrogens (tertiary/aromatic N) is 1. The average Bonchev–Trinajstić information content (AvgIpc) is 2.38. The molecule has 1 rings (SSSR count). The third-order valence-electron chi connectivity index (χ3n) is 3.73. The Morgan fingerprint density at radius 2 is 2.05 bits per heavy atom. The Kier molecular flexibility index (Phi) is 7.36. The summed E-state index contributed by atoms with van der Waals surface area (Å²) in [7, 11) is 0. The van der Waals surface area contributed by atoms with Gasteiger partial charge in [0.1, 0.15) is 0 Å². The molecule has 19 heavy (non-hydrogen) atoms. The van der Waals surface area contributed by atoms with Gasteiger partial charge in [-0.3, -0.25) is 4.79 Å². The highest BCUT2D eigenvalue weighted by Crippen LogP contribution is 2.23. The Balaban J connectivity index is 2.14. The summed E-state index contributed by atoms with van der Waals surface area (Å²) in [5.74, 6) is 0. The van der Waals surface area contributed by atoms with Crippen LogP contribution < -0.4 is 0 Å². The maximum absolute atomic E-state index is 11.1. The van der Waals surface area contributed by atoms with Gasteiger partial charge in [-0.15, -0.1) is 0 Å². The van der Waals surface area contributed by atoms with E-state index in [4.69, 9.17) is 4.74 Å². The normalized spacial score (nSPS) is 19.8. The number of rotatable bonds is 7. The number of piperidine rings is 1. The van der Waals surface area contributed by atoms with Gasteiger partial charge in [0.05, 0.1) is 12.2 Å². The van der Waals surface area contributed by atoms with Crippen LogP contribution >= 0.6 is 11.8 Å². The Morgan fingerprint density at radius 1 is 1.42 bits per heavy atom. The minimum absolute atomic E-state index is 0.201. The van der Waals surface area contributed by atoms with Crippen molar-refractivity contribution in [2.45, 2.75) is 51.2 Å². The predicted octanol–water partition coefficient (Wildman–Crippen LogP) is 1.91. The lowest BCUT2D eigenvalue weighted by atomic mass is 9.92. The first-order valence-corrected chi connectivity index (χ1v) is 8.30. The monoisotopic (exact) mass is 289 g/mol. The van der Waals surface area contributed by atoms with Crippen LogP contribution in [0.15, 0.2) is 0 Å². The van der Waals surface area contributed by atoms with E-state index in [1.165, 1.54) is 11.8 Å². The van der Waals surface area contributed by atoms with E-state index in [2.05, 4.69) is 18.7 Å². The third-order valence-corrected chi connectivity index (χ3v) is 4.39. The number of aliphatic hydroxyl groups is 1. The Hall–Kier alpha value is -0.100. The molecule has 1 heterocycles. The third kappa shape index (κ3) is 6.25. The molecule has 0 bridgehead atoms. The van der Waals surface area contributed by atoms with Crippen molar-refractivity contribution < 1.29 is 14.6 Å². The summed E-state index contributed by atoms with van der Waals surface area (Å²) in [6, 6.07) is 0.544. The van der Waals surface area contributed by atoms with Gasteiger partial charge in [0.15, 0.2) is 5.12 Å². The molecule has 1 aliphatic heterocycles. The Labute approximate surface area is 120 Å². The maximum Gasteiger partial charge on any atom is 0.188 e. The van der Waals surface area contributed by atoms with E-state index in [0.29, 0.717) is 25.7 Å². The molecular formula is C14H27NO3S. The van der Waals surface area contributed by atoms with Crippen molar-refractivity contribution in [3.8, 4) is 0 Å². The molecule has 1 aliphatic rings. The standard InChI is InChI=1S/C14H27NO3S/c1-12(2)15-8-6-14(17,7-9-15)11-18-10-4-5-13(16)19-3/h12,17H,4-11H2,1-3H3. The molecule has 0 aromatic heterocycles. The first-order valence-electron chi connectivity index (χ1n) is 7.08. The van der Waals surface area contributed by atoms with Crippen LogP contribution in [0.1, 0.15) is 39.5 Å². The molecule has 5 heteroatoms. The van der Waals surface area contributed by atoms with Gasteiger partial charge in [0, 0.05) is 32.2 Å². The minimum Gasteiger partial charge on any atom is -0.387 e. The fourth-order valence-electron chi connectivity index (χ4n) is 2.28.